The molecule has 1 saturated heterocycles. The first-order chi connectivity index (χ1) is 8.63. The molecule has 5 heteroatoms. The lowest BCUT2D eigenvalue weighted by Gasteiger charge is -2.39. The van der Waals surface area contributed by atoms with Crippen LogP contribution in [0.5, 0.6) is 0 Å². The van der Waals surface area contributed by atoms with Crippen LogP contribution in [0.1, 0.15) is 26.2 Å². The summed E-state index contributed by atoms with van der Waals surface area (Å²) < 4.78 is 5.37. The lowest BCUT2D eigenvalue weighted by atomic mass is 9.76. The smallest absolute Gasteiger partial charge is 0.226 e. The van der Waals surface area contributed by atoms with Gasteiger partial charge in [-0.15, -0.1) is 0 Å². The number of carbonyl (C=O) groups excluding carboxylic acids is 1. The third-order valence-corrected chi connectivity index (χ3v) is 4.33. The van der Waals surface area contributed by atoms with Crippen molar-refractivity contribution < 1.29 is 14.6 Å². The van der Waals surface area contributed by atoms with E-state index in [2.05, 4.69) is 6.92 Å². The maximum atomic E-state index is 12.5. The van der Waals surface area contributed by atoms with Gasteiger partial charge >= 0.3 is 0 Å². The van der Waals surface area contributed by atoms with E-state index in [0.717, 1.165) is 19.3 Å². The number of nitrogens with two attached hydrogens (primary N) is 1. The molecule has 0 radical (unpaired) electrons. The van der Waals surface area contributed by atoms with Gasteiger partial charge in [-0.3, -0.25) is 4.79 Å². The lowest BCUT2D eigenvalue weighted by Crippen LogP contribution is -2.52. The number of morpholine rings is 1. The molecule has 0 aromatic rings. The molecule has 2 aliphatic rings. The van der Waals surface area contributed by atoms with Gasteiger partial charge in [-0.2, -0.15) is 0 Å². The Labute approximate surface area is 108 Å². The number of aliphatic hydroxyl groups is 1. The molecule has 18 heavy (non-hydrogen) atoms. The molecule has 104 valence electrons. The van der Waals surface area contributed by atoms with E-state index in [9.17, 15) is 4.79 Å². The molecule has 2 rings (SSSR count). The van der Waals surface area contributed by atoms with Crippen LogP contribution in [0.3, 0.4) is 0 Å². The van der Waals surface area contributed by atoms with Crippen LogP contribution in [0.15, 0.2) is 0 Å². The minimum atomic E-state index is -0.227. The quantitative estimate of drug-likeness (QED) is 0.727. The average molecular weight is 256 g/mol. The molecule has 1 heterocycles. The summed E-state index contributed by atoms with van der Waals surface area (Å²) in [4.78, 5) is 14.3. The monoisotopic (exact) mass is 256 g/mol. The van der Waals surface area contributed by atoms with Crippen molar-refractivity contribution >= 4 is 5.91 Å². The molecular weight excluding hydrogens is 232 g/mol. The highest BCUT2D eigenvalue weighted by Crippen LogP contribution is 2.30. The fourth-order valence-electron chi connectivity index (χ4n) is 3.01. The molecule has 3 N–H and O–H groups in total. The van der Waals surface area contributed by atoms with Gasteiger partial charge in [0.1, 0.15) is 0 Å². The Hall–Kier alpha value is -0.650. The van der Waals surface area contributed by atoms with Crippen LogP contribution in [0, 0.1) is 11.8 Å². The Morgan fingerprint density at radius 3 is 3.00 bits per heavy atom. The summed E-state index contributed by atoms with van der Waals surface area (Å²) in [6.45, 7) is 3.71. The van der Waals surface area contributed by atoms with Crippen molar-refractivity contribution in [3.8, 4) is 0 Å². The van der Waals surface area contributed by atoms with E-state index < -0.39 is 0 Å². The highest BCUT2D eigenvalue weighted by molar-refractivity contribution is 5.79. The first-order valence-electron chi connectivity index (χ1n) is 6.90. The molecule has 1 amide bonds. The molecule has 0 spiro atoms. The van der Waals surface area contributed by atoms with Gasteiger partial charge in [0.05, 0.1) is 19.3 Å². The predicted molar refractivity (Wildman–Crippen MR) is 67.9 cm³/mol. The van der Waals surface area contributed by atoms with Crippen LogP contribution in [0.25, 0.3) is 0 Å². The first-order valence-corrected chi connectivity index (χ1v) is 6.90. The molecule has 2 fully saturated rings. The van der Waals surface area contributed by atoms with Gasteiger partial charge in [-0.25, -0.2) is 0 Å². The van der Waals surface area contributed by atoms with Gasteiger partial charge in [-0.1, -0.05) is 13.3 Å². The van der Waals surface area contributed by atoms with Crippen LogP contribution >= 0.6 is 0 Å². The van der Waals surface area contributed by atoms with E-state index >= 15 is 0 Å². The molecule has 0 aromatic carbocycles. The summed E-state index contributed by atoms with van der Waals surface area (Å²) in [5.74, 6) is 0.493. The van der Waals surface area contributed by atoms with E-state index in [1.807, 2.05) is 4.90 Å². The van der Waals surface area contributed by atoms with E-state index in [0.29, 0.717) is 19.7 Å². The van der Waals surface area contributed by atoms with Crippen LogP contribution < -0.4 is 5.73 Å². The molecule has 1 saturated carbocycles. The molecular formula is C13H24N2O3. The molecule has 0 bridgehead atoms. The van der Waals surface area contributed by atoms with E-state index in [1.54, 1.807) is 0 Å². The molecule has 4 unspecified atom stereocenters. The van der Waals surface area contributed by atoms with Gasteiger partial charge in [0.15, 0.2) is 0 Å². The number of rotatable bonds is 2. The zero-order valence-corrected chi connectivity index (χ0v) is 11.0. The Morgan fingerprint density at radius 2 is 2.28 bits per heavy atom. The summed E-state index contributed by atoms with van der Waals surface area (Å²) >= 11 is 0. The largest absolute Gasteiger partial charge is 0.394 e. The van der Waals surface area contributed by atoms with Crippen LogP contribution in [-0.2, 0) is 9.53 Å². The first kappa shape index (κ1) is 13.8. The number of hydrogen-bond donors (Lipinski definition) is 2. The zero-order valence-electron chi connectivity index (χ0n) is 11.0. The van der Waals surface area contributed by atoms with Crippen molar-refractivity contribution in [2.75, 3.05) is 26.3 Å². The highest BCUT2D eigenvalue weighted by Gasteiger charge is 2.36. The Kier molecular flexibility index (Phi) is 4.59. The average Bonchev–Trinajstić information content (AvgIpc) is 2.41. The summed E-state index contributed by atoms with van der Waals surface area (Å²) in [6, 6.07) is 0.141. The number of hydrogen-bond acceptors (Lipinski definition) is 4. The zero-order chi connectivity index (χ0) is 13.1. The Morgan fingerprint density at radius 1 is 1.50 bits per heavy atom. The maximum absolute atomic E-state index is 12.5. The van der Waals surface area contributed by atoms with Crippen molar-refractivity contribution in [1.82, 2.24) is 4.90 Å². The van der Waals surface area contributed by atoms with Crippen molar-refractivity contribution in [3.05, 3.63) is 0 Å². The second kappa shape index (κ2) is 5.99. The molecule has 1 aliphatic heterocycles. The van der Waals surface area contributed by atoms with Crippen molar-refractivity contribution in [2.45, 2.75) is 38.3 Å². The number of nitrogens with zero attached hydrogens (tertiary/aromatic N) is 1. The van der Waals surface area contributed by atoms with Gasteiger partial charge < -0.3 is 20.5 Å². The minimum absolute atomic E-state index is 0.0243. The summed E-state index contributed by atoms with van der Waals surface area (Å²) in [7, 11) is 0. The van der Waals surface area contributed by atoms with Crippen molar-refractivity contribution in [2.24, 2.45) is 17.6 Å². The van der Waals surface area contributed by atoms with E-state index in [-0.39, 0.29) is 36.5 Å². The number of carbonyl (C=O) groups is 1. The van der Waals surface area contributed by atoms with Gasteiger partial charge in [-0.05, 0) is 18.8 Å². The van der Waals surface area contributed by atoms with E-state index in [1.165, 1.54) is 0 Å². The Bertz CT molecular complexity index is 298. The highest BCUT2D eigenvalue weighted by atomic mass is 16.5. The predicted octanol–water partition coefficient (Wildman–Crippen LogP) is -0.0304. The van der Waals surface area contributed by atoms with Crippen molar-refractivity contribution in [1.29, 1.82) is 0 Å². The number of amides is 1. The molecule has 5 nitrogen and oxygen atoms in total. The third kappa shape index (κ3) is 2.84. The Balaban J connectivity index is 1.97. The van der Waals surface area contributed by atoms with Crippen LogP contribution in [-0.4, -0.2) is 54.4 Å². The number of aliphatic hydroxyl groups excluding tert-OH is 1. The van der Waals surface area contributed by atoms with Crippen LogP contribution in [0.4, 0.5) is 0 Å². The summed E-state index contributed by atoms with van der Waals surface area (Å²) in [5, 5.41) is 9.11. The second-order valence-electron chi connectivity index (χ2n) is 5.52. The fraction of sp³-hybridized carbons (Fsp3) is 0.923. The summed E-state index contributed by atoms with van der Waals surface area (Å²) in [6.07, 6.45) is 2.77. The minimum Gasteiger partial charge on any atom is -0.394 e. The topological polar surface area (TPSA) is 75.8 Å². The fourth-order valence-corrected chi connectivity index (χ4v) is 3.01. The standard InChI is InChI=1S/C13H24N2O3/c1-9-11(3-2-4-12(9)14)13(17)15-5-6-18-10(7-15)8-16/h9-12,16H,2-8,14H2,1H3. The van der Waals surface area contributed by atoms with Gasteiger partial charge in [0, 0.05) is 25.0 Å². The van der Waals surface area contributed by atoms with E-state index in [4.69, 9.17) is 15.6 Å². The normalized spacial score (nSPS) is 37.6. The van der Waals surface area contributed by atoms with Crippen LogP contribution in [0.2, 0.25) is 0 Å². The second-order valence-corrected chi connectivity index (χ2v) is 5.52. The third-order valence-electron chi connectivity index (χ3n) is 4.33. The van der Waals surface area contributed by atoms with Gasteiger partial charge in [0.2, 0.25) is 5.91 Å². The SMILES string of the molecule is CC1C(N)CCCC1C(=O)N1CCOC(CO)C1. The number of ether oxygens (including phenoxy) is 1. The van der Waals surface area contributed by atoms with Crippen molar-refractivity contribution in [3.63, 3.8) is 0 Å². The molecule has 0 aromatic heterocycles. The van der Waals surface area contributed by atoms with Gasteiger partial charge in [0.25, 0.3) is 0 Å². The maximum Gasteiger partial charge on any atom is 0.226 e. The molecule has 4 atom stereocenters. The molecule has 1 aliphatic carbocycles. The lowest BCUT2D eigenvalue weighted by molar-refractivity contribution is -0.147. The summed E-state index contributed by atoms with van der Waals surface area (Å²) in [5.41, 5.74) is 6.05.